The quantitative estimate of drug-likeness (QED) is 0.616. The van der Waals surface area contributed by atoms with Gasteiger partial charge in [0.15, 0.2) is 5.78 Å². The van der Waals surface area contributed by atoms with Gasteiger partial charge < -0.3 is 9.64 Å². The number of halogens is 3. The first-order chi connectivity index (χ1) is 12.5. The fourth-order valence-electron chi connectivity index (χ4n) is 3.01. The third-order valence-electron chi connectivity index (χ3n) is 4.41. The van der Waals surface area contributed by atoms with Gasteiger partial charge in [-0.1, -0.05) is 30.7 Å². The second-order valence-corrected chi connectivity index (χ2v) is 7.85. The summed E-state index contributed by atoms with van der Waals surface area (Å²) in [7, 11) is 0. The van der Waals surface area contributed by atoms with Crippen LogP contribution >= 0.6 is 39.1 Å². The number of Topliss-reactive ketones (excluding diaryl/α,β-unsaturated/α-hetero) is 1. The average Bonchev–Trinajstić information content (AvgIpc) is 2.64. The molecule has 0 spiro atoms. The lowest BCUT2D eigenvalue weighted by atomic mass is 9.93. The molecule has 1 fully saturated rings. The number of carbonyl (C=O) groups is 1. The van der Waals surface area contributed by atoms with Gasteiger partial charge in [0.25, 0.3) is 0 Å². The molecule has 2 heterocycles. The van der Waals surface area contributed by atoms with Gasteiger partial charge in [0.1, 0.15) is 11.9 Å². The summed E-state index contributed by atoms with van der Waals surface area (Å²) in [5.41, 5.74) is 1.08. The van der Waals surface area contributed by atoms with Crippen LogP contribution in [-0.2, 0) is 9.53 Å². The summed E-state index contributed by atoms with van der Waals surface area (Å²) in [6.45, 7) is 3.47. The molecule has 138 valence electrons. The molecule has 0 aliphatic carbocycles. The van der Waals surface area contributed by atoms with Crippen LogP contribution in [-0.4, -0.2) is 41.6 Å². The number of ether oxygens (including phenoxy) is 1. The first kappa shape index (κ1) is 19.5. The zero-order valence-corrected chi connectivity index (χ0v) is 17.3. The van der Waals surface area contributed by atoms with E-state index in [1.165, 1.54) is 0 Å². The van der Waals surface area contributed by atoms with Gasteiger partial charge in [-0.05, 0) is 51.1 Å². The number of carbonyl (C=O) groups excluding carboxylic acids is 1. The van der Waals surface area contributed by atoms with E-state index in [0.29, 0.717) is 41.5 Å². The molecule has 1 saturated heterocycles. The maximum absolute atomic E-state index is 13.0. The molecule has 1 aliphatic heterocycles. The van der Waals surface area contributed by atoms with Crippen molar-refractivity contribution in [2.45, 2.75) is 25.3 Å². The number of ketones is 1. The van der Waals surface area contributed by atoms with Crippen LogP contribution in [0.3, 0.4) is 0 Å². The van der Waals surface area contributed by atoms with Crippen LogP contribution in [0, 0.1) is 0 Å². The van der Waals surface area contributed by atoms with Crippen LogP contribution in [0.4, 0.5) is 5.82 Å². The number of aromatic nitrogens is 2. The van der Waals surface area contributed by atoms with Gasteiger partial charge in [0, 0.05) is 24.2 Å². The molecule has 0 amide bonds. The molecule has 0 N–H and O–H groups in total. The smallest absolute Gasteiger partial charge is 0.224 e. The van der Waals surface area contributed by atoms with E-state index >= 15 is 0 Å². The van der Waals surface area contributed by atoms with Crippen molar-refractivity contribution in [3.8, 4) is 0 Å². The number of hydrogen-bond acceptors (Lipinski definition) is 5. The maximum Gasteiger partial charge on any atom is 0.224 e. The summed E-state index contributed by atoms with van der Waals surface area (Å²) in [6.07, 6.45) is 2.00. The number of hydrogen-bond donors (Lipinski definition) is 0. The van der Waals surface area contributed by atoms with Crippen molar-refractivity contribution in [2.75, 3.05) is 24.7 Å². The Balaban J connectivity index is 1.77. The molecule has 1 unspecified atom stereocenters. The van der Waals surface area contributed by atoms with E-state index in [9.17, 15) is 4.79 Å². The fraction of sp³-hybridized carbons (Fsp3) is 0.389. The summed E-state index contributed by atoms with van der Waals surface area (Å²) in [5, 5.41) is 0.833. The average molecular weight is 459 g/mol. The Bertz CT molecular complexity index is 789. The van der Waals surface area contributed by atoms with E-state index in [-0.39, 0.29) is 17.0 Å². The summed E-state index contributed by atoms with van der Waals surface area (Å²) in [4.78, 5) is 23.2. The second-order valence-electron chi connectivity index (χ2n) is 6.22. The lowest BCUT2D eigenvalue weighted by Gasteiger charge is -2.36. The molecule has 26 heavy (non-hydrogen) atoms. The zero-order chi connectivity index (χ0) is 18.7. The molecule has 5 nitrogen and oxygen atoms in total. The predicted molar refractivity (Wildman–Crippen MR) is 106 cm³/mol. The highest BCUT2D eigenvalue weighted by Crippen LogP contribution is 2.29. The zero-order valence-electron chi connectivity index (χ0n) is 14.2. The van der Waals surface area contributed by atoms with Crippen molar-refractivity contribution in [3.63, 3.8) is 0 Å². The first-order valence-electron chi connectivity index (χ1n) is 8.26. The summed E-state index contributed by atoms with van der Waals surface area (Å²) in [5.74, 6) is 0.806. The van der Waals surface area contributed by atoms with Crippen molar-refractivity contribution in [3.05, 3.63) is 50.8 Å². The Morgan fingerprint density at radius 1 is 1.38 bits per heavy atom. The van der Waals surface area contributed by atoms with Crippen LogP contribution in [0.15, 0.2) is 34.9 Å². The molecule has 0 saturated carbocycles. The molecule has 3 rings (SSSR count). The highest BCUT2D eigenvalue weighted by atomic mass is 79.9. The fourth-order valence-corrected chi connectivity index (χ4v) is 3.68. The van der Waals surface area contributed by atoms with Crippen LogP contribution < -0.4 is 4.90 Å². The van der Waals surface area contributed by atoms with Gasteiger partial charge >= 0.3 is 0 Å². The van der Waals surface area contributed by atoms with Crippen molar-refractivity contribution in [2.24, 2.45) is 0 Å². The van der Waals surface area contributed by atoms with Gasteiger partial charge in [-0.25, -0.2) is 4.98 Å². The lowest BCUT2D eigenvalue weighted by Crippen LogP contribution is -2.51. The van der Waals surface area contributed by atoms with E-state index in [4.69, 9.17) is 27.9 Å². The van der Waals surface area contributed by atoms with Gasteiger partial charge in [0.05, 0.1) is 17.7 Å². The van der Waals surface area contributed by atoms with E-state index in [1.807, 2.05) is 36.1 Å². The molecule has 1 aliphatic rings. The van der Waals surface area contributed by atoms with E-state index < -0.39 is 6.04 Å². The normalized spacial score (nSPS) is 18.6. The van der Waals surface area contributed by atoms with E-state index in [1.54, 1.807) is 6.20 Å². The van der Waals surface area contributed by atoms with E-state index in [2.05, 4.69) is 25.9 Å². The Morgan fingerprint density at radius 2 is 2.12 bits per heavy atom. The minimum Gasteiger partial charge on any atom is -0.377 e. The molecule has 0 bridgehead atoms. The largest absolute Gasteiger partial charge is 0.377 e. The molecule has 1 aromatic heterocycles. The molecule has 8 heteroatoms. The topological polar surface area (TPSA) is 55.3 Å². The van der Waals surface area contributed by atoms with Gasteiger partial charge in [0.2, 0.25) is 5.28 Å². The monoisotopic (exact) mass is 457 g/mol. The molecule has 0 radical (unpaired) electrons. The standard InChI is InChI=1S/C18H18BrCl2N3O2/c1-11(12-2-4-13(20)5-3-12)8-16(25)15-10-26-7-6-24(15)17-14(19)9-22-18(21)23-17/h2-5,9,11,15H,6-8,10H2,1H3/t11-,15?/m0/s1. The van der Waals surface area contributed by atoms with Crippen molar-refractivity contribution in [1.29, 1.82) is 0 Å². The first-order valence-corrected chi connectivity index (χ1v) is 9.81. The van der Waals surface area contributed by atoms with Crippen molar-refractivity contribution >= 4 is 50.7 Å². The lowest BCUT2D eigenvalue weighted by molar-refractivity contribution is -0.122. The van der Waals surface area contributed by atoms with Gasteiger partial charge in [-0.2, -0.15) is 4.98 Å². The Morgan fingerprint density at radius 3 is 2.85 bits per heavy atom. The van der Waals surface area contributed by atoms with Crippen LogP contribution in [0.5, 0.6) is 0 Å². The van der Waals surface area contributed by atoms with E-state index in [0.717, 1.165) is 5.56 Å². The molecule has 2 atom stereocenters. The minimum atomic E-state index is -0.402. The maximum atomic E-state index is 13.0. The number of benzene rings is 1. The molecular weight excluding hydrogens is 441 g/mol. The third-order valence-corrected chi connectivity index (χ3v) is 5.41. The molecular formula is C18H18BrCl2N3O2. The van der Waals surface area contributed by atoms with Gasteiger partial charge in [-0.3, -0.25) is 4.79 Å². The highest BCUT2D eigenvalue weighted by Gasteiger charge is 2.32. The Kier molecular flexibility index (Phi) is 6.51. The summed E-state index contributed by atoms with van der Waals surface area (Å²) in [6, 6.07) is 7.19. The number of rotatable bonds is 5. The number of nitrogens with zero attached hydrogens (tertiary/aromatic N) is 3. The number of morpholine rings is 1. The Labute approximate surface area is 170 Å². The minimum absolute atomic E-state index is 0.0842. The Hall–Kier alpha value is -1.21. The predicted octanol–water partition coefficient (Wildman–Crippen LogP) is 4.51. The molecule has 1 aromatic carbocycles. The van der Waals surface area contributed by atoms with Crippen molar-refractivity contribution in [1.82, 2.24) is 9.97 Å². The van der Waals surface area contributed by atoms with Gasteiger partial charge in [-0.15, -0.1) is 0 Å². The second kappa shape index (κ2) is 8.65. The van der Waals surface area contributed by atoms with Crippen LogP contribution in [0.2, 0.25) is 10.3 Å². The summed E-state index contributed by atoms with van der Waals surface area (Å²) >= 11 is 15.3. The van der Waals surface area contributed by atoms with Crippen molar-refractivity contribution < 1.29 is 9.53 Å². The highest BCUT2D eigenvalue weighted by molar-refractivity contribution is 9.10. The third kappa shape index (κ3) is 4.55. The SMILES string of the molecule is C[C@@H](CC(=O)C1COCCN1c1nc(Cl)ncc1Br)c1ccc(Cl)cc1. The number of anilines is 1. The van der Waals surface area contributed by atoms with Crippen LogP contribution in [0.1, 0.15) is 24.8 Å². The van der Waals surface area contributed by atoms with Crippen LogP contribution in [0.25, 0.3) is 0 Å². The summed E-state index contributed by atoms with van der Waals surface area (Å²) < 4.78 is 6.26. The molecule has 2 aromatic rings.